The van der Waals surface area contributed by atoms with E-state index in [1.54, 1.807) is 42.5 Å². The predicted molar refractivity (Wildman–Crippen MR) is 107 cm³/mol. The van der Waals surface area contributed by atoms with Gasteiger partial charge in [0.1, 0.15) is 11.6 Å². The van der Waals surface area contributed by atoms with E-state index in [0.717, 1.165) is 0 Å². The second-order valence-corrected chi connectivity index (χ2v) is 6.50. The summed E-state index contributed by atoms with van der Waals surface area (Å²) in [6.45, 7) is 0. The Labute approximate surface area is 169 Å². The number of nitrogens with one attached hydrogen (secondary N) is 1. The lowest BCUT2D eigenvalue weighted by molar-refractivity contribution is 0.0733. The molecule has 0 bridgehead atoms. The molecule has 1 amide bonds. The third-order valence-electron chi connectivity index (χ3n) is 3.67. The summed E-state index contributed by atoms with van der Waals surface area (Å²) < 4.78 is 18.8. The molecule has 3 aromatic carbocycles. The molecule has 0 heterocycles. The molecule has 7 heteroatoms. The van der Waals surface area contributed by atoms with Gasteiger partial charge >= 0.3 is 5.97 Å². The highest BCUT2D eigenvalue weighted by molar-refractivity contribution is 9.10. The highest BCUT2D eigenvalue weighted by Crippen LogP contribution is 2.19. The average molecular weight is 441 g/mol. The summed E-state index contributed by atoms with van der Waals surface area (Å²) in [6, 6.07) is 18.8. The third kappa shape index (κ3) is 5.11. The predicted octanol–water partition coefficient (Wildman–Crippen LogP) is 4.57. The number of hydrogen-bond donors (Lipinski definition) is 1. The molecule has 0 fully saturated rings. The Balaban J connectivity index is 1.57. The van der Waals surface area contributed by atoms with Crippen molar-refractivity contribution in [2.24, 2.45) is 5.10 Å². The molecule has 0 saturated heterocycles. The van der Waals surface area contributed by atoms with Gasteiger partial charge in [-0.3, -0.25) is 4.79 Å². The molecule has 0 aromatic heterocycles. The molecule has 0 aliphatic rings. The van der Waals surface area contributed by atoms with E-state index in [4.69, 9.17) is 4.74 Å². The van der Waals surface area contributed by atoms with Crippen molar-refractivity contribution in [2.75, 3.05) is 0 Å². The van der Waals surface area contributed by atoms with Crippen LogP contribution in [0, 0.1) is 5.82 Å². The van der Waals surface area contributed by atoms with Gasteiger partial charge in [0.25, 0.3) is 5.91 Å². The molecule has 0 unspecified atom stereocenters. The Kier molecular flexibility index (Phi) is 6.29. The minimum Gasteiger partial charge on any atom is -0.423 e. The van der Waals surface area contributed by atoms with E-state index in [9.17, 15) is 14.0 Å². The van der Waals surface area contributed by atoms with Gasteiger partial charge in [-0.05, 0) is 82.2 Å². The maximum Gasteiger partial charge on any atom is 0.344 e. The topological polar surface area (TPSA) is 67.8 Å². The number of rotatable bonds is 5. The van der Waals surface area contributed by atoms with Gasteiger partial charge in [0.15, 0.2) is 0 Å². The zero-order valence-electron chi connectivity index (χ0n) is 14.4. The standard InChI is InChI=1S/C21H14BrFN2O3/c22-19-4-2-1-3-18(19)21(27)28-17-11-5-14(6-12-17)13-24-25-20(26)15-7-9-16(23)10-8-15/h1-13H,(H,25,26)/b24-13+. The van der Waals surface area contributed by atoms with Crippen LogP contribution >= 0.6 is 15.9 Å². The van der Waals surface area contributed by atoms with E-state index < -0.39 is 17.7 Å². The largest absolute Gasteiger partial charge is 0.423 e. The van der Waals surface area contributed by atoms with E-state index in [2.05, 4.69) is 26.5 Å². The van der Waals surface area contributed by atoms with Gasteiger partial charge < -0.3 is 4.74 Å². The van der Waals surface area contributed by atoms with Crippen molar-refractivity contribution >= 4 is 34.0 Å². The molecular formula is C21H14BrFN2O3. The van der Waals surface area contributed by atoms with Gasteiger partial charge in [-0.1, -0.05) is 12.1 Å². The fourth-order valence-corrected chi connectivity index (χ4v) is 2.69. The quantitative estimate of drug-likeness (QED) is 0.273. The molecule has 0 spiro atoms. The van der Waals surface area contributed by atoms with Crippen LogP contribution in [0.25, 0.3) is 0 Å². The zero-order valence-corrected chi connectivity index (χ0v) is 16.0. The SMILES string of the molecule is O=C(N/N=C/c1ccc(OC(=O)c2ccccc2Br)cc1)c1ccc(F)cc1. The monoisotopic (exact) mass is 440 g/mol. The fourth-order valence-electron chi connectivity index (χ4n) is 2.24. The Bertz CT molecular complexity index is 1020. The summed E-state index contributed by atoms with van der Waals surface area (Å²) in [5.74, 6) is -0.954. The summed E-state index contributed by atoms with van der Waals surface area (Å²) in [4.78, 5) is 24.0. The molecule has 3 rings (SSSR count). The van der Waals surface area contributed by atoms with Gasteiger partial charge in [-0.2, -0.15) is 5.10 Å². The first-order valence-corrected chi connectivity index (χ1v) is 8.98. The lowest BCUT2D eigenvalue weighted by atomic mass is 10.2. The van der Waals surface area contributed by atoms with Crippen molar-refractivity contribution in [2.45, 2.75) is 0 Å². The average Bonchev–Trinajstić information content (AvgIpc) is 2.70. The first-order chi connectivity index (χ1) is 13.5. The number of benzene rings is 3. The van der Waals surface area contributed by atoms with E-state index in [-0.39, 0.29) is 0 Å². The molecule has 28 heavy (non-hydrogen) atoms. The molecule has 0 aliphatic heterocycles. The van der Waals surface area contributed by atoms with Crippen LogP contribution in [0.1, 0.15) is 26.3 Å². The molecule has 5 nitrogen and oxygen atoms in total. The van der Waals surface area contributed by atoms with Gasteiger partial charge in [0.05, 0.1) is 11.8 Å². The minimum atomic E-state index is -0.472. The lowest BCUT2D eigenvalue weighted by Crippen LogP contribution is -2.17. The Hall–Kier alpha value is -3.32. The first kappa shape index (κ1) is 19.4. The van der Waals surface area contributed by atoms with Crippen LogP contribution in [0.3, 0.4) is 0 Å². The number of esters is 1. The van der Waals surface area contributed by atoms with E-state index in [1.807, 2.05) is 6.07 Å². The highest BCUT2D eigenvalue weighted by atomic mass is 79.9. The Morgan fingerprint density at radius 2 is 1.64 bits per heavy atom. The van der Waals surface area contributed by atoms with Crippen LogP contribution in [0.2, 0.25) is 0 Å². The van der Waals surface area contributed by atoms with Gasteiger partial charge in [-0.15, -0.1) is 0 Å². The summed E-state index contributed by atoms with van der Waals surface area (Å²) in [5.41, 5.74) is 3.78. The zero-order chi connectivity index (χ0) is 19.9. The number of hydrogen-bond acceptors (Lipinski definition) is 4. The molecule has 0 aliphatic carbocycles. The number of nitrogens with zero attached hydrogens (tertiary/aromatic N) is 1. The molecule has 0 radical (unpaired) electrons. The van der Waals surface area contributed by atoms with Crippen LogP contribution in [-0.2, 0) is 0 Å². The molecule has 0 atom stereocenters. The van der Waals surface area contributed by atoms with Crippen LogP contribution in [0.15, 0.2) is 82.4 Å². The Morgan fingerprint density at radius 1 is 0.964 bits per heavy atom. The van der Waals surface area contributed by atoms with Gasteiger partial charge in [-0.25, -0.2) is 14.6 Å². The van der Waals surface area contributed by atoms with Crippen molar-refractivity contribution in [3.63, 3.8) is 0 Å². The van der Waals surface area contributed by atoms with Crippen molar-refractivity contribution < 1.29 is 18.7 Å². The molecule has 3 aromatic rings. The molecule has 140 valence electrons. The number of hydrazone groups is 1. The minimum absolute atomic E-state index is 0.299. The Morgan fingerprint density at radius 3 is 2.32 bits per heavy atom. The van der Waals surface area contributed by atoms with Crippen LogP contribution in [0.4, 0.5) is 4.39 Å². The maximum atomic E-state index is 12.9. The van der Waals surface area contributed by atoms with Gasteiger partial charge in [0.2, 0.25) is 0 Å². The smallest absolute Gasteiger partial charge is 0.344 e. The molecule has 1 N–H and O–H groups in total. The van der Waals surface area contributed by atoms with E-state index in [1.165, 1.54) is 30.5 Å². The van der Waals surface area contributed by atoms with Crippen molar-refractivity contribution in [3.05, 3.63) is 99.8 Å². The van der Waals surface area contributed by atoms with Crippen molar-refractivity contribution in [1.82, 2.24) is 5.43 Å². The van der Waals surface area contributed by atoms with Gasteiger partial charge in [0, 0.05) is 10.0 Å². The second-order valence-electron chi connectivity index (χ2n) is 5.64. The molecule has 0 saturated carbocycles. The second kappa shape index (κ2) is 9.05. The number of ether oxygens (including phenoxy) is 1. The lowest BCUT2D eigenvalue weighted by Gasteiger charge is -2.06. The van der Waals surface area contributed by atoms with Crippen LogP contribution in [-0.4, -0.2) is 18.1 Å². The maximum absolute atomic E-state index is 12.9. The third-order valence-corrected chi connectivity index (χ3v) is 4.36. The summed E-state index contributed by atoms with van der Waals surface area (Å²) in [7, 11) is 0. The normalized spacial score (nSPS) is 10.6. The number of halogens is 2. The van der Waals surface area contributed by atoms with E-state index in [0.29, 0.717) is 26.9 Å². The molecular weight excluding hydrogens is 427 g/mol. The van der Waals surface area contributed by atoms with Crippen LogP contribution in [0.5, 0.6) is 5.75 Å². The number of amides is 1. The summed E-state index contributed by atoms with van der Waals surface area (Å²) in [5, 5.41) is 3.86. The summed E-state index contributed by atoms with van der Waals surface area (Å²) in [6.07, 6.45) is 1.45. The van der Waals surface area contributed by atoms with Crippen molar-refractivity contribution in [1.29, 1.82) is 0 Å². The summed E-state index contributed by atoms with van der Waals surface area (Å²) >= 11 is 3.31. The number of carbonyl (C=O) groups excluding carboxylic acids is 2. The highest BCUT2D eigenvalue weighted by Gasteiger charge is 2.11. The van der Waals surface area contributed by atoms with Crippen molar-refractivity contribution in [3.8, 4) is 5.75 Å². The van der Waals surface area contributed by atoms with Crippen LogP contribution < -0.4 is 10.2 Å². The first-order valence-electron chi connectivity index (χ1n) is 8.19. The number of carbonyl (C=O) groups is 2. The fraction of sp³-hybridized carbons (Fsp3) is 0. The van der Waals surface area contributed by atoms with E-state index >= 15 is 0 Å².